The van der Waals surface area contributed by atoms with E-state index in [1.54, 1.807) is 13.1 Å². The summed E-state index contributed by atoms with van der Waals surface area (Å²) in [5, 5.41) is 1.78. The Labute approximate surface area is 133 Å². The number of pyridine rings is 1. The Kier molecular flexibility index (Phi) is 3.73. The smallest absolute Gasteiger partial charge is 0.349 e. The molecule has 0 unspecified atom stereocenters. The summed E-state index contributed by atoms with van der Waals surface area (Å²) in [6, 6.07) is 7.81. The van der Waals surface area contributed by atoms with E-state index in [-0.39, 0.29) is 5.97 Å². The minimum absolute atomic E-state index is 0.356. The highest BCUT2D eigenvalue weighted by Crippen LogP contribution is 2.35. The number of nitrogens with zero attached hydrogens (tertiary/aromatic N) is 2. The number of hydrogen-bond donors (Lipinski definition) is 0. The van der Waals surface area contributed by atoms with E-state index in [2.05, 4.69) is 25.9 Å². The number of methoxy groups -OCH3 is 1. The quantitative estimate of drug-likeness (QED) is 0.640. The predicted molar refractivity (Wildman–Crippen MR) is 86.6 cm³/mol. The van der Waals surface area contributed by atoms with E-state index in [0.29, 0.717) is 10.6 Å². The third kappa shape index (κ3) is 2.45. The zero-order chi connectivity index (χ0) is 15.0. The number of ether oxygens (including phenoxy) is 1. The lowest BCUT2D eigenvalue weighted by atomic mass is 10.1. The van der Waals surface area contributed by atoms with Gasteiger partial charge in [-0.05, 0) is 25.1 Å². The van der Waals surface area contributed by atoms with Crippen molar-refractivity contribution >= 4 is 44.1 Å². The molecule has 0 aliphatic heterocycles. The number of halogens is 1. The van der Waals surface area contributed by atoms with Gasteiger partial charge in [-0.25, -0.2) is 9.78 Å². The molecule has 0 aliphatic rings. The maximum absolute atomic E-state index is 11.7. The van der Waals surface area contributed by atoms with Crippen molar-refractivity contribution in [2.75, 3.05) is 7.11 Å². The van der Waals surface area contributed by atoms with E-state index in [1.165, 1.54) is 18.4 Å². The number of carbonyl (C=O) groups excluding carboxylic acids is 1. The number of aryl methyl sites for hydroxylation is 1. The summed E-state index contributed by atoms with van der Waals surface area (Å²) in [6.45, 7) is 1.81. The number of thiazole rings is 1. The van der Waals surface area contributed by atoms with Gasteiger partial charge in [0.2, 0.25) is 0 Å². The number of carbonyl (C=O) groups is 1. The Morgan fingerprint density at radius 3 is 2.90 bits per heavy atom. The summed E-state index contributed by atoms with van der Waals surface area (Å²) in [4.78, 5) is 21.2. The summed E-state index contributed by atoms with van der Waals surface area (Å²) in [5.74, 6) is -0.356. The van der Waals surface area contributed by atoms with Crippen molar-refractivity contribution in [1.82, 2.24) is 9.97 Å². The van der Waals surface area contributed by atoms with Crippen LogP contribution in [0.5, 0.6) is 0 Å². The topological polar surface area (TPSA) is 52.1 Å². The summed E-state index contributed by atoms with van der Waals surface area (Å²) in [7, 11) is 1.37. The van der Waals surface area contributed by atoms with Crippen LogP contribution >= 0.6 is 27.3 Å². The van der Waals surface area contributed by atoms with Crippen LogP contribution < -0.4 is 0 Å². The first kappa shape index (κ1) is 14.2. The van der Waals surface area contributed by atoms with Crippen molar-refractivity contribution in [3.05, 3.63) is 45.5 Å². The lowest BCUT2D eigenvalue weighted by Crippen LogP contribution is -1.99. The normalized spacial score (nSPS) is 10.8. The highest BCUT2D eigenvalue weighted by Gasteiger charge is 2.18. The fraction of sp³-hybridized carbons (Fsp3) is 0.133. The molecule has 3 aromatic rings. The minimum Gasteiger partial charge on any atom is -0.465 e. The molecular formula is C15H11BrN2O2S. The Bertz CT molecular complexity index is 845. The molecule has 106 valence electrons. The molecule has 0 radical (unpaired) electrons. The highest BCUT2D eigenvalue weighted by molar-refractivity contribution is 9.10. The number of hydrogen-bond acceptors (Lipinski definition) is 5. The second-order valence-electron chi connectivity index (χ2n) is 4.42. The zero-order valence-corrected chi connectivity index (χ0v) is 13.8. The number of fused-ring (bicyclic) bond motifs is 1. The van der Waals surface area contributed by atoms with Crippen LogP contribution in [0.25, 0.3) is 21.5 Å². The average Bonchev–Trinajstić information content (AvgIpc) is 2.89. The van der Waals surface area contributed by atoms with Crippen LogP contribution in [0.15, 0.2) is 34.9 Å². The fourth-order valence-corrected chi connectivity index (χ4v) is 3.57. The molecule has 0 saturated carbocycles. The summed E-state index contributed by atoms with van der Waals surface area (Å²) in [5.41, 5.74) is 2.45. The van der Waals surface area contributed by atoms with Crippen LogP contribution in [-0.2, 0) is 4.74 Å². The van der Waals surface area contributed by atoms with E-state index in [1.807, 2.05) is 24.3 Å². The van der Waals surface area contributed by atoms with Crippen LogP contribution in [-0.4, -0.2) is 23.0 Å². The summed E-state index contributed by atoms with van der Waals surface area (Å²) in [6.07, 6.45) is 1.75. The van der Waals surface area contributed by atoms with Crippen LogP contribution in [0.2, 0.25) is 0 Å². The summed E-state index contributed by atoms with van der Waals surface area (Å²) >= 11 is 4.85. The molecule has 4 nitrogen and oxygen atoms in total. The summed E-state index contributed by atoms with van der Waals surface area (Å²) < 4.78 is 5.76. The molecule has 0 bridgehead atoms. The monoisotopic (exact) mass is 362 g/mol. The van der Waals surface area contributed by atoms with E-state index in [4.69, 9.17) is 4.74 Å². The molecule has 21 heavy (non-hydrogen) atoms. The van der Waals surface area contributed by atoms with Crippen molar-refractivity contribution < 1.29 is 9.53 Å². The van der Waals surface area contributed by atoms with Gasteiger partial charge in [0.05, 0.1) is 18.3 Å². The zero-order valence-electron chi connectivity index (χ0n) is 11.4. The second-order valence-corrected chi connectivity index (χ2v) is 6.27. The van der Waals surface area contributed by atoms with E-state index >= 15 is 0 Å². The standard InChI is InChI=1S/C15H11BrN2O2S/c1-8-13(15(19)20-2)21-14(18-8)10-5-6-11(16)9-4-3-7-17-12(9)10/h3-7H,1-2H3. The number of benzene rings is 1. The van der Waals surface area contributed by atoms with Crippen LogP contribution in [0.1, 0.15) is 15.4 Å². The lowest BCUT2D eigenvalue weighted by molar-refractivity contribution is 0.0605. The third-order valence-electron chi connectivity index (χ3n) is 3.11. The largest absolute Gasteiger partial charge is 0.465 e. The van der Waals surface area contributed by atoms with Crippen LogP contribution in [0.4, 0.5) is 0 Å². The van der Waals surface area contributed by atoms with Gasteiger partial charge in [0.25, 0.3) is 0 Å². The second kappa shape index (κ2) is 5.54. The molecule has 6 heteroatoms. The van der Waals surface area contributed by atoms with Gasteiger partial charge in [0, 0.05) is 21.6 Å². The highest BCUT2D eigenvalue weighted by atomic mass is 79.9. The van der Waals surface area contributed by atoms with Gasteiger partial charge in [-0.1, -0.05) is 22.0 Å². The van der Waals surface area contributed by atoms with Gasteiger partial charge in [-0.3, -0.25) is 4.98 Å². The Morgan fingerprint density at radius 1 is 1.33 bits per heavy atom. The molecule has 0 saturated heterocycles. The molecule has 0 atom stereocenters. The first-order chi connectivity index (χ1) is 10.1. The van der Waals surface area contributed by atoms with Crippen molar-refractivity contribution in [3.8, 4) is 10.6 Å². The maximum atomic E-state index is 11.7. The van der Waals surface area contributed by atoms with Crippen molar-refractivity contribution in [2.45, 2.75) is 6.92 Å². The Hall–Kier alpha value is -1.79. The molecule has 0 N–H and O–H groups in total. The number of esters is 1. The fourth-order valence-electron chi connectivity index (χ4n) is 2.10. The predicted octanol–water partition coefficient (Wildman–Crippen LogP) is 4.22. The van der Waals surface area contributed by atoms with Gasteiger partial charge in [-0.15, -0.1) is 11.3 Å². The number of aromatic nitrogens is 2. The number of rotatable bonds is 2. The van der Waals surface area contributed by atoms with Crippen molar-refractivity contribution in [2.24, 2.45) is 0 Å². The van der Waals surface area contributed by atoms with E-state index < -0.39 is 0 Å². The lowest BCUT2D eigenvalue weighted by Gasteiger charge is -2.04. The van der Waals surface area contributed by atoms with Gasteiger partial charge >= 0.3 is 5.97 Å². The van der Waals surface area contributed by atoms with Crippen molar-refractivity contribution in [1.29, 1.82) is 0 Å². The molecule has 0 aliphatic carbocycles. The SMILES string of the molecule is COC(=O)c1sc(-c2ccc(Br)c3cccnc23)nc1C. The van der Waals surface area contributed by atoms with E-state index in [9.17, 15) is 4.79 Å². The van der Waals surface area contributed by atoms with Gasteiger partial charge in [0.1, 0.15) is 9.88 Å². The molecular weight excluding hydrogens is 352 g/mol. The van der Waals surface area contributed by atoms with Crippen LogP contribution in [0.3, 0.4) is 0 Å². The first-order valence-electron chi connectivity index (χ1n) is 6.21. The molecule has 2 aromatic heterocycles. The maximum Gasteiger partial charge on any atom is 0.349 e. The van der Waals surface area contributed by atoms with Gasteiger partial charge in [-0.2, -0.15) is 0 Å². The molecule has 0 fully saturated rings. The van der Waals surface area contributed by atoms with Gasteiger partial charge < -0.3 is 4.74 Å². The Balaban J connectivity index is 2.22. The Morgan fingerprint density at radius 2 is 2.14 bits per heavy atom. The van der Waals surface area contributed by atoms with Crippen LogP contribution in [0, 0.1) is 6.92 Å². The molecule has 2 heterocycles. The molecule has 1 aromatic carbocycles. The molecule has 3 rings (SSSR count). The van der Waals surface area contributed by atoms with E-state index in [0.717, 1.165) is 25.9 Å². The third-order valence-corrected chi connectivity index (χ3v) is 4.98. The van der Waals surface area contributed by atoms with Gasteiger partial charge in [0.15, 0.2) is 0 Å². The molecule has 0 spiro atoms. The molecule has 0 amide bonds. The van der Waals surface area contributed by atoms with Crippen molar-refractivity contribution in [3.63, 3.8) is 0 Å². The minimum atomic E-state index is -0.356. The first-order valence-corrected chi connectivity index (χ1v) is 7.82. The average molecular weight is 363 g/mol.